The number of hydrogen-bond acceptors (Lipinski definition) is 5. The number of nitrogens with two attached hydrogens (primary N) is 1. The van der Waals surface area contributed by atoms with Gasteiger partial charge in [-0.1, -0.05) is 0 Å². The lowest BCUT2D eigenvalue weighted by atomic mass is 10.4. The standard InChI is InChI=1S/C10H18N4O/c1-9-12-6-3-10(14-9)13-5-2-7-15-8-4-11/h3,6H,2,4-5,7-8,11H2,1H3,(H,12,13,14). The molecule has 5 heteroatoms. The van der Waals surface area contributed by atoms with Crippen LogP contribution in [0.25, 0.3) is 0 Å². The summed E-state index contributed by atoms with van der Waals surface area (Å²) in [6, 6.07) is 1.85. The van der Waals surface area contributed by atoms with Crippen LogP contribution in [0.5, 0.6) is 0 Å². The molecule has 1 aromatic heterocycles. The summed E-state index contributed by atoms with van der Waals surface area (Å²) in [5, 5.41) is 3.20. The lowest BCUT2D eigenvalue weighted by molar-refractivity contribution is 0.141. The van der Waals surface area contributed by atoms with Gasteiger partial charge in [0, 0.05) is 25.9 Å². The van der Waals surface area contributed by atoms with Crippen LogP contribution in [0, 0.1) is 6.92 Å². The first kappa shape index (κ1) is 11.9. The van der Waals surface area contributed by atoms with Gasteiger partial charge in [0.1, 0.15) is 11.6 Å². The van der Waals surface area contributed by atoms with Gasteiger partial charge in [0.2, 0.25) is 0 Å². The third kappa shape index (κ3) is 5.29. The lowest BCUT2D eigenvalue weighted by Crippen LogP contribution is -2.12. The summed E-state index contributed by atoms with van der Waals surface area (Å²) in [6.45, 7) is 4.66. The fraction of sp³-hybridized carbons (Fsp3) is 0.600. The van der Waals surface area contributed by atoms with Crippen LogP contribution >= 0.6 is 0 Å². The summed E-state index contributed by atoms with van der Waals surface area (Å²) in [6.07, 6.45) is 2.69. The molecule has 15 heavy (non-hydrogen) atoms. The van der Waals surface area contributed by atoms with Gasteiger partial charge in [0.25, 0.3) is 0 Å². The number of nitrogens with one attached hydrogen (secondary N) is 1. The average molecular weight is 210 g/mol. The maximum atomic E-state index is 5.29. The van der Waals surface area contributed by atoms with Crippen LogP contribution in [0.4, 0.5) is 5.82 Å². The molecular formula is C10H18N4O. The molecule has 0 saturated heterocycles. The first-order chi connectivity index (χ1) is 7.33. The van der Waals surface area contributed by atoms with Gasteiger partial charge in [-0.05, 0) is 19.4 Å². The smallest absolute Gasteiger partial charge is 0.129 e. The van der Waals surface area contributed by atoms with Gasteiger partial charge in [0.15, 0.2) is 0 Å². The van der Waals surface area contributed by atoms with E-state index in [0.29, 0.717) is 13.2 Å². The van der Waals surface area contributed by atoms with Crippen molar-refractivity contribution in [1.82, 2.24) is 9.97 Å². The molecule has 0 aliphatic rings. The highest BCUT2D eigenvalue weighted by molar-refractivity contribution is 5.32. The minimum atomic E-state index is 0.582. The van der Waals surface area contributed by atoms with E-state index in [1.165, 1.54) is 0 Å². The molecule has 0 atom stereocenters. The second-order valence-corrected chi connectivity index (χ2v) is 3.17. The number of aromatic nitrogens is 2. The molecule has 0 aromatic carbocycles. The van der Waals surface area contributed by atoms with Crippen molar-refractivity contribution in [3.8, 4) is 0 Å². The molecule has 0 radical (unpaired) electrons. The second kappa shape index (κ2) is 7.14. The van der Waals surface area contributed by atoms with E-state index in [1.54, 1.807) is 6.20 Å². The Bertz CT molecular complexity index is 280. The molecule has 0 spiro atoms. The third-order valence-corrected chi connectivity index (χ3v) is 1.81. The monoisotopic (exact) mass is 210 g/mol. The van der Waals surface area contributed by atoms with Crippen LogP contribution < -0.4 is 11.1 Å². The Morgan fingerprint density at radius 3 is 3.07 bits per heavy atom. The number of ether oxygens (including phenoxy) is 1. The van der Waals surface area contributed by atoms with E-state index in [2.05, 4.69) is 15.3 Å². The molecule has 0 fully saturated rings. The maximum absolute atomic E-state index is 5.29. The van der Waals surface area contributed by atoms with E-state index < -0.39 is 0 Å². The van der Waals surface area contributed by atoms with Crippen LogP contribution in [0.3, 0.4) is 0 Å². The normalized spacial score (nSPS) is 10.3. The van der Waals surface area contributed by atoms with Crippen molar-refractivity contribution in [3.05, 3.63) is 18.1 Å². The molecule has 5 nitrogen and oxygen atoms in total. The van der Waals surface area contributed by atoms with E-state index in [9.17, 15) is 0 Å². The van der Waals surface area contributed by atoms with E-state index in [-0.39, 0.29) is 0 Å². The Labute approximate surface area is 90.1 Å². The summed E-state index contributed by atoms with van der Waals surface area (Å²) in [7, 11) is 0. The van der Waals surface area contributed by atoms with E-state index in [0.717, 1.165) is 31.2 Å². The van der Waals surface area contributed by atoms with Crippen molar-refractivity contribution >= 4 is 5.82 Å². The molecule has 0 amide bonds. The molecule has 84 valence electrons. The quantitative estimate of drug-likeness (QED) is 0.643. The molecule has 0 bridgehead atoms. The number of hydrogen-bond donors (Lipinski definition) is 2. The first-order valence-corrected chi connectivity index (χ1v) is 5.14. The van der Waals surface area contributed by atoms with Crippen molar-refractivity contribution in [1.29, 1.82) is 0 Å². The van der Waals surface area contributed by atoms with Crippen molar-refractivity contribution in [2.24, 2.45) is 5.73 Å². The zero-order valence-electron chi connectivity index (χ0n) is 9.07. The highest BCUT2D eigenvalue weighted by Crippen LogP contribution is 2.00. The third-order valence-electron chi connectivity index (χ3n) is 1.81. The molecule has 1 rings (SSSR count). The molecule has 3 N–H and O–H groups in total. The van der Waals surface area contributed by atoms with Gasteiger partial charge in [-0.3, -0.25) is 0 Å². The molecule has 1 aromatic rings. The lowest BCUT2D eigenvalue weighted by Gasteiger charge is -2.05. The van der Waals surface area contributed by atoms with Crippen LogP contribution in [-0.2, 0) is 4.74 Å². The fourth-order valence-electron chi connectivity index (χ4n) is 1.13. The zero-order chi connectivity index (χ0) is 10.9. The Kier molecular flexibility index (Phi) is 5.65. The summed E-state index contributed by atoms with van der Waals surface area (Å²) in [4.78, 5) is 8.24. The second-order valence-electron chi connectivity index (χ2n) is 3.17. The van der Waals surface area contributed by atoms with Crippen molar-refractivity contribution in [3.63, 3.8) is 0 Å². The van der Waals surface area contributed by atoms with Gasteiger partial charge in [-0.2, -0.15) is 0 Å². The number of rotatable bonds is 7. The number of aryl methyl sites for hydroxylation is 1. The molecular weight excluding hydrogens is 192 g/mol. The Morgan fingerprint density at radius 1 is 1.47 bits per heavy atom. The Hall–Kier alpha value is -1.20. The van der Waals surface area contributed by atoms with Crippen molar-refractivity contribution < 1.29 is 4.74 Å². The SMILES string of the molecule is Cc1nccc(NCCCOCCN)n1. The number of nitrogens with zero attached hydrogens (tertiary/aromatic N) is 2. The van der Waals surface area contributed by atoms with Gasteiger partial charge >= 0.3 is 0 Å². The van der Waals surface area contributed by atoms with Gasteiger partial charge in [-0.15, -0.1) is 0 Å². The minimum Gasteiger partial charge on any atom is -0.380 e. The number of anilines is 1. The predicted molar refractivity (Wildman–Crippen MR) is 59.7 cm³/mol. The zero-order valence-corrected chi connectivity index (χ0v) is 9.07. The summed E-state index contributed by atoms with van der Waals surface area (Å²) in [5.74, 6) is 1.64. The Morgan fingerprint density at radius 2 is 2.33 bits per heavy atom. The van der Waals surface area contributed by atoms with Crippen LogP contribution in [-0.4, -0.2) is 36.3 Å². The summed E-state index contributed by atoms with van der Waals surface area (Å²) in [5.41, 5.74) is 5.29. The topological polar surface area (TPSA) is 73.1 Å². The maximum Gasteiger partial charge on any atom is 0.129 e. The fourth-order valence-corrected chi connectivity index (χ4v) is 1.13. The molecule has 0 aliphatic carbocycles. The average Bonchev–Trinajstić information content (AvgIpc) is 2.23. The van der Waals surface area contributed by atoms with E-state index in [4.69, 9.17) is 10.5 Å². The van der Waals surface area contributed by atoms with Gasteiger partial charge in [-0.25, -0.2) is 9.97 Å². The van der Waals surface area contributed by atoms with Gasteiger partial charge in [0.05, 0.1) is 6.61 Å². The van der Waals surface area contributed by atoms with Crippen molar-refractivity contribution in [2.75, 3.05) is 31.6 Å². The van der Waals surface area contributed by atoms with Crippen LogP contribution in [0.15, 0.2) is 12.3 Å². The summed E-state index contributed by atoms with van der Waals surface area (Å²) < 4.78 is 5.25. The largest absolute Gasteiger partial charge is 0.380 e. The molecule has 1 heterocycles. The predicted octanol–water partition coefficient (Wildman–Crippen LogP) is 0.562. The van der Waals surface area contributed by atoms with E-state index >= 15 is 0 Å². The highest BCUT2D eigenvalue weighted by atomic mass is 16.5. The van der Waals surface area contributed by atoms with Crippen LogP contribution in [0.1, 0.15) is 12.2 Å². The van der Waals surface area contributed by atoms with Crippen molar-refractivity contribution in [2.45, 2.75) is 13.3 Å². The van der Waals surface area contributed by atoms with Gasteiger partial charge < -0.3 is 15.8 Å². The van der Waals surface area contributed by atoms with E-state index in [1.807, 2.05) is 13.0 Å². The minimum absolute atomic E-state index is 0.582. The Balaban J connectivity index is 2.10. The van der Waals surface area contributed by atoms with Crippen LogP contribution in [0.2, 0.25) is 0 Å². The molecule has 0 unspecified atom stereocenters. The molecule has 0 aliphatic heterocycles. The molecule has 0 saturated carbocycles. The first-order valence-electron chi connectivity index (χ1n) is 5.14. The highest BCUT2D eigenvalue weighted by Gasteiger charge is 1.94. The summed E-state index contributed by atoms with van der Waals surface area (Å²) >= 11 is 0.